The zero-order valence-corrected chi connectivity index (χ0v) is 12.2. The van der Waals surface area contributed by atoms with E-state index in [0.717, 1.165) is 5.69 Å². The molecule has 0 spiro atoms. The lowest BCUT2D eigenvalue weighted by atomic mass is 10.4. The minimum atomic E-state index is -0.601. The molecule has 0 fully saturated rings. The van der Waals surface area contributed by atoms with Crippen LogP contribution in [0.3, 0.4) is 0 Å². The molecule has 112 valence electrons. The van der Waals surface area contributed by atoms with Gasteiger partial charge in [0.25, 0.3) is 0 Å². The van der Waals surface area contributed by atoms with Crippen LogP contribution in [0, 0.1) is 10.1 Å². The summed E-state index contributed by atoms with van der Waals surface area (Å²) < 4.78 is 12.0. The van der Waals surface area contributed by atoms with E-state index in [1.54, 1.807) is 24.1 Å². The predicted molar refractivity (Wildman–Crippen MR) is 79.9 cm³/mol. The normalized spacial score (nSPS) is 12.3. The van der Waals surface area contributed by atoms with Crippen molar-refractivity contribution in [3.05, 3.63) is 56.6 Å². The largest absolute Gasteiger partial charge is 0.463 e. The topological polar surface area (TPSA) is 99.1 Å². The van der Waals surface area contributed by atoms with Crippen molar-refractivity contribution < 1.29 is 13.8 Å². The molecule has 22 heavy (non-hydrogen) atoms. The zero-order chi connectivity index (χ0) is 15.5. The van der Waals surface area contributed by atoms with E-state index in [-0.39, 0.29) is 11.6 Å². The summed E-state index contributed by atoms with van der Waals surface area (Å²) in [6.07, 6.45) is 2.96. The smallest absolute Gasteiger partial charge is 0.433 e. The van der Waals surface area contributed by atoms with Crippen molar-refractivity contribution in [1.82, 2.24) is 4.68 Å². The van der Waals surface area contributed by atoms with Crippen LogP contribution in [0.5, 0.6) is 0 Å². The van der Waals surface area contributed by atoms with Crippen LogP contribution in [0.4, 0.5) is 5.88 Å². The average molecular weight is 318 g/mol. The molecule has 0 aliphatic heterocycles. The lowest BCUT2D eigenvalue weighted by Crippen LogP contribution is -2.11. The second-order valence-electron chi connectivity index (χ2n) is 4.09. The van der Waals surface area contributed by atoms with Crippen LogP contribution >= 0.6 is 11.3 Å². The first kappa shape index (κ1) is 14.0. The molecule has 0 saturated heterocycles. The fraction of sp³-hybridized carbons (Fsp3) is 0.0769. The van der Waals surface area contributed by atoms with Gasteiger partial charge < -0.3 is 8.83 Å². The zero-order valence-electron chi connectivity index (χ0n) is 11.4. The Morgan fingerprint density at radius 3 is 2.91 bits per heavy atom. The molecule has 3 aromatic rings. The maximum atomic E-state index is 10.6. The molecule has 0 aliphatic rings. The van der Waals surface area contributed by atoms with Crippen molar-refractivity contribution in [3.63, 3.8) is 0 Å². The molecule has 8 nitrogen and oxygen atoms in total. The number of thiazole rings is 1. The Labute approximate surface area is 127 Å². The summed E-state index contributed by atoms with van der Waals surface area (Å²) in [6.45, 7) is 0. The van der Waals surface area contributed by atoms with E-state index in [1.165, 1.54) is 29.7 Å². The summed E-state index contributed by atoms with van der Waals surface area (Å²) in [4.78, 5) is 14.8. The monoisotopic (exact) mass is 318 g/mol. The van der Waals surface area contributed by atoms with Gasteiger partial charge in [-0.05, 0) is 18.2 Å². The average Bonchev–Trinajstić information content (AvgIpc) is 3.24. The fourth-order valence-corrected chi connectivity index (χ4v) is 2.57. The first-order valence-electron chi connectivity index (χ1n) is 6.15. The standard InChI is InChI=1S/C13H10N4O4S/c1-14-13-16(10(8-22-13)11-3-2-6-20-11)15-7-9-4-5-12(21-9)17(18)19/h2-8H,1H3. The summed E-state index contributed by atoms with van der Waals surface area (Å²) in [7, 11) is 1.65. The molecule has 0 saturated carbocycles. The molecule has 0 aliphatic carbocycles. The Bertz CT molecular complexity index is 885. The van der Waals surface area contributed by atoms with E-state index in [1.807, 2.05) is 11.4 Å². The molecule has 0 amide bonds. The van der Waals surface area contributed by atoms with Gasteiger partial charge in [0.1, 0.15) is 10.6 Å². The van der Waals surface area contributed by atoms with Gasteiger partial charge in [0, 0.05) is 12.4 Å². The minimum Gasteiger partial charge on any atom is -0.463 e. The number of rotatable bonds is 4. The number of hydrogen-bond acceptors (Lipinski definition) is 7. The van der Waals surface area contributed by atoms with Crippen LogP contribution in [-0.2, 0) is 0 Å². The SMILES string of the molecule is CN=c1scc(-c2ccco2)n1N=Cc1ccc([N+](=O)[O-])o1. The molecule has 3 aromatic heterocycles. The van der Waals surface area contributed by atoms with Crippen molar-refractivity contribution in [2.45, 2.75) is 0 Å². The number of aromatic nitrogens is 1. The summed E-state index contributed by atoms with van der Waals surface area (Å²) in [5.41, 5.74) is 0.730. The van der Waals surface area contributed by atoms with Gasteiger partial charge in [-0.25, -0.2) is 4.68 Å². The summed E-state index contributed by atoms with van der Waals surface area (Å²) in [5.74, 6) is 0.593. The molecule has 0 radical (unpaired) electrons. The van der Waals surface area contributed by atoms with Crippen LogP contribution in [0.15, 0.2) is 54.8 Å². The Morgan fingerprint density at radius 2 is 2.27 bits per heavy atom. The second kappa shape index (κ2) is 5.82. The quantitative estimate of drug-likeness (QED) is 0.419. The number of nitrogens with zero attached hydrogens (tertiary/aromatic N) is 4. The van der Waals surface area contributed by atoms with Crippen molar-refractivity contribution in [3.8, 4) is 11.5 Å². The Morgan fingerprint density at radius 1 is 1.41 bits per heavy atom. The molecule has 0 unspecified atom stereocenters. The van der Waals surface area contributed by atoms with Gasteiger partial charge >= 0.3 is 5.88 Å². The second-order valence-corrected chi connectivity index (χ2v) is 4.93. The van der Waals surface area contributed by atoms with Crippen LogP contribution in [0.1, 0.15) is 5.76 Å². The molecule has 3 heterocycles. The summed E-state index contributed by atoms with van der Waals surface area (Å²) >= 11 is 1.40. The third-order valence-corrected chi connectivity index (χ3v) is 3.65. The molecule has 0 N–H and O–H groups in total. The van der Waals surface area contributed by atoms with Crippen LogP contribution in [-0.4, -0.2) is 22.9 Å². The summed E-state index contributed by atoms with van der Waals surface area (Å²) in [5, 5.41) is 16.7. The highest BCUT2D eigenvalue weighted by Gasteiger charge is 2.12. The lowest BCUT2D eigenvalue weighted by Gasteiger charge is -1.98. The first-order chi connectivity index (χ1) is 10.7. The van der Waals surface area contributed by atoms with Crippen LogP contribution in [0.2, 0.25) is 0 Å². The molecule has 3 rings (SSSR count). The first-order valence-corrected chi connectivity index (χ1v) is 7.03. The van der Waals surface area contributed by atoms with E-state index < -0.39 is 4.92 Å². The highest BCUT2D eigenvalue weighted by molar-refractivity contribution is 7.07. The van der Waals surface area contributed by atoms with Gasteiger partial charge in [0.2, 0.25) is 4.80 Å². The van der Waals surface area contributed by atoms with Gasteiger partial charge in [-0.3, -0.25) is 15.1 Å². The van der Waals surface area contributed by atoms with Crippen molar-refractivity contribution in [1.29, 1.82) is 0 Å². The highest BCUT2D eigenvalue weighted by Crippen LogP contribution is 2.20. The fourth-order valence-electron chi connectivity index (χ4n) is 1.78. The van der Waals surface area contributed by atoms with Crippen LogP contribution < -0.4 is 4.80 Å². The number of furan rings is 2. The van der Waals surface area contributed by atoms with E-state index in [0.29, 0.717) is 10.6 Å². The van der Waals surface area contributed by atoms with E-state index >= 15 is 0 Å². The Balaban J connectivity index is 1.99. The van der Waals surface area contributed by atoms with E-state index in [2.05, 4.69) is 10.1 Å². The van der Waals surface area contributed by atoms with Crippen molar-refractivity contribution >= 4 is 23.4 Å². The minimum absolute atomic E-state index is 0.276. The van der Waals surface area contributed by atoms with Crippen molar-refractivity contribution in [2.75, 3.05) is 7.05 Å². The number of nitro groups is 1. The van der Waals surface area contributed by atoms with Gasteiger partial charge in [0.05, 0.1) is 18.5 Å². The van der Waals surface area contributed by atoms with Gasteiger partial charge in [-0.15, -0.1) is 11.3 Å². The van der Waals surface area contributed by atoms with E-state index in [9.17, 15) is 10.1 Å². The maximum absolute atomic E-state index is 10.6. The van der Waals surface area contributed by atoms with E-state index in [4.69, 9.17) is 8.83 Å². The molecule has 0 atom stereocenters. The molecular weight excluding hydrogens is 308 g/mol. The molecular formula is C13H10N4O4S. The number of hydrogen-bond donors (Lipinski definition) is 0. The Hall–Kier alpha value is -2.94. The van der Waals surface area contributed by atoms with Gasteiger partial charge in [-0.1, -0.05) is 0 Å². The Kier molecular flexibility index (Phi) is 3.71. The summed E-state index contributed by atoms with van der Waals surface area (Å²) in [6, 6.07) is 6.34. The molecule has 0 bridgehead atoms. The predicted octanol–water partition coefficient (Wildman–Crippen LogP) is 2.72. The third-order valence-electron chi connectivity index (χ3n) is 2.74. The lowest BCUT2D eigenvalue weighted by molar-refractivity contribution is -0.402. The maximum Gasteiger partial charge on any atom is 0.433 e. The highest BCUT2D eigenvalue weighted by atomic mass is 32.1. The molecule has 9 heteroatoms. The van der Waals surface area contributed by atoms with Crippen molar-refractivity contribution in [2.24, 2.45) is 10.1 Å². The van der Waals surface area contributed by atoms with Gasteiger partial charge in [-0.2, -0.15) is 5.10 Å². The molecule has 0 aromatic carbocycles. The van der Waals surface area contributed by atoms with Crippen LogP contribution in [0.25, 0.3) is 11.5 Å². The third kappa shape index (κ3) is 2.61. The van der Waals surface area contributed by atoms with Gasteiger partial charge in [0.15, 0.2) is 11.5 Å².